The van der Waals surface area contributed by atoms with Gasteiger partial charge in [0.25, 0.3) is 0 Å². The standard InChI is InChI=1S/C12H18N4OS/c1-9-14-11(8-18-9)6-16(3)7-12-4-10(5-13-2)15-17-12/h4,8,13H,5-7H2,1-3H3. The van der Waals surface area contributed by atoms with Crippen molar-refractivity contribution in [2.24, 2.45) is 0 Å². The molecule has 2 aromatic rings. The molecular weight excluding hydrogens is 248 g/mol. The van der Waals surface area contributed by atoms with Crippen LogP contribution in [0, 0.1) is 6.92 Å². The van der Waals surface area contributed by atoms with Crippen LogP contribution in [0.2, 0.25) is 0 Å². The van der Waals surface area contributed by atoms with Crippen LogP contribution in [-0.2, 0) is 19.6 Å². The third kappa shape index (κ3) is 3.63. The van der Waals surface area contributed by atoms with Gasteiger partial charge in [-0.15, -0.1) is 11.3 Å². The number of thiazole rings is 1. The summed E-state index contributed by atoms with van der Waals surface area (Å²) in [6, 6.07) is 1.99. The zero-order valence-electron chi connectivity index (χ0n) is 10.9. The Kier molecular flexibility index (Phi) is 4.46. The lowest BCUT2D eigenvalue weighted by Gasteiger charge is -2.12. The highest BCUT2D eigenvalue weighted by Crippen LogP contribution is 2.12. The molecule has 2 rings (SSSR count). The molecule has 0 unspecified atom stereocenters. The predicted octanol–water partition coefficient (Wildman–Crippen LogP) is 1.79. The van der Waals surface area contributed by atoms with E-state index in [4.69, 9.17) is 4.52 Å². The smallest absolute Gasteiger partial charge is 0.151 e. The third-order valence-electron chi connectivity index (χ3n) is 2.49. The van der Waals surface area contributed by atoms with Crippen molar-refractivity contribution in [2.75, 3.05) is 14.1 Å². The highest BCUT2D eigenvalue weighted by atomic mass is 32.1. The van der Waals surface area contributed by atoms with E-state index in [0.717, 1.165) is 41.8 Å². The summed E-state index contributed by atoms with van der Waals surface area (Å²) in [6.45, 7) is 4.33. The normalized spacial score (nSPS) is 11.3. The zero-order chi connectivity index (χ0) is 13.0. The van der Waals surface area contributed by atoms with E-state index in [0.29, 0.717) is 0 Å². The molecule has 0 aliphatic heterocycles. The van der Waals surface area contributed by atoms with Crippen molar-refractivity contribution >= 4 is 11.3 Å². The summed E-state index contributed by atoms with van der Waals surface area (Å²) in [7, 11) is 3.94. The predicted molar refractivity (Wildman–Crippen MR) is 71.3 cm³/mol. The monoisotopic (exact) mass is 266 g/mol. The van der Waals surface area contributed by atoms with Gasteiger partial charge in [-0.1, -0.05) is 5.16 Å². The van der Waals surface area contributed by atoms with Gasteiger partial charge in [0.15, 0.2) is 5.76 Å². The summed E-state index contributed by atoms with van der Waals surface area (Å²) in [4.78, 5) is 6.61. The van der Waals surface area contributed by atoms with E-state index in [2.05, 4.69) is 32.8 Å². The molecule has 0 spiro atoms. The van der Waals surface area contributed by atoms with Gasteiger partial charge in [-0.2, -0.15) is 0 Å². The van der Waals surface area contributed by atoms with Gasteiger partial charge >= 0.3 is 0 Å². The van der Waals surface area contributed by atoms with Crippen LogP contribution in [0.3, 0.4) is 0 Å². The minimum atomic E-state index is 0.735. The second-order valence-electron chi connectivity index (χ2n) is 4.35. The molecule has 2 heterocycles. The lowest BCUT2D eigenvalue weighted by Crippen LogP contribution is -2.17. The number of nitrogens with one attached hydrogen (secondary N) is 1. The first kappa shape index (κ1) is 13.2. The molecule has 98 valence electrons. The lowest BCUT2D eigenvalue weighted by atomic mass is 10.3. The van der Waals surface area contributed by atoms with Crippen molar-refractivity contribution in [1.29, 1.82) is 0 Å². The zero-order valence-corrected chi connectivity index (χ0v) is 11.8. The number of rotatable bonds is 6. The maximum atomic E-state index is 5.28. The fraction of sp³-hybridized carbons (Fsp3) is 0.500. The second kappa shape index (κ2) is 6.08. The van der Waals surface area contributed by atoms with Crippen molar-refractivity contribution in [1.82, 2.24) is 20.4 Å². The van der Waals surface area contributed by atoms with Crippen LogP contribution in [0.5, 0.6) is 0 Å². The topological polar surface area (TPSA) is 54.2 Å². The fourth-order valence-electron chi connectivity index (χ4n) is 1.77. The van der Waals surface area contributed by atoms with Crippen LogP contribution in [-0.4, -0.2) is 29.1 Å². The number of hydrogen-bond acceptors (Lipinski definition) is 6. The highest BCUT2D eigenvalue weighted by Gasteiger charge is 2.08. The molecule has 0 saturated heterocycles. The van der Waals surface area contributed by atoms with Crippen molar-refractivity contribution < 1.29 is 4.52 Å². The van der Waals surface area contributed by atoms with Gasteiger partial charge in [-0.3, -0.25) is 4.90 Å². The van der Waals surface area contributed by atoms with Crippen LogP contribution in [0.4, 0.5) is 0 Å². The molecule has 0 aromatic carbocycles. The maximum Gasteiger partial charge on any atom is 0.151 e. The largest absolute Gasteiger partial charge is 0.360 e. The molecule has 0 atom stereocenters. The quantitative estimate of drug-likeness (QED) is 0.864. The van der Waals surface area contributed by atoms with E-state index in [1.54, 1.807) is 11.3 Å². The fourth-order valence-corrected chi connectivity index (χ4v) is 2.38. The Labute approximate surface area is 111 Å². The van der Waals surface area contributed by atoms with Gasteiger partial charge < -0.3 is 9.84 Å². The number of nitrogens with zero attached hydrogens (tertiary/aromatic N) is 3. The molecule has 0 amide bonds. The number of hydrogen-bond donors (Lipinski definition) is 1. The van der Waals surface area contributed by atoms with Crippen molar-refractivity contribution in [3.63, 3.8) is 0 Å². The van der Waals surface area contributed by atoms with Crippen molar-refractivity contribution in [3.05, 3.63) is 33.6 Å². The van der Waals surface area contributed by atoms with Gasteiger partial charge in [0.1, 0.15) is 0 Å². The molecule has 5 nitrogen and oxygen atoms in total. The minimum absolute atomic E-state index is 0.735. The van der Waals surface area contributed by atoms with Gasteiger partial charge in [0, 0.05) is 24.5 Å². The van der Waals surface area contributed by atoms with E-state index in [1.165, 1.54) is 0 Å². The summed E-state index contributed by atoms with van der Waals surface area (Å²) in [6.07, 6.45) is 0. The van der Waals surface area contributed by atoms with Crippen LogP contribution < -0.4 is 5.32 Å². The molecule has 18 heavy (non-hydrogen) atoms. The SMILES string of the molecule is CNCc1cc(CN(C)Cc2csc(C)n2)on1. The van der Waals surface area contributed by atoms with Gasteiger partial charge in [0.2, 0.25) is 0 Å². The van der Waals surface area contributed by atoms with Gasteiger partial charge in [-0.05, 0) is 21.0 Å². The first-order valence-electron chi connectivity index (χ1n) is 5.86. The van der Waals surface area contributed by atoms with E-state index >= 15 is 0 Å². The van der Waals surface area contributed by atoms with Crippen LogP contribution in [0.15, 0.2) is 16.0 Å². The molecule has 0 bridgehead atoms. The Balaban J connectivity index is 1.88. The maximum absolute atomic E-state index is 5.28. The van der Waals surface area contributed by atoms with Crippen molar-refractivity contribution in [2.45, 2.75) is 26.6 Å². The summed E-state index contributed by atoms with van der Waals surface area (Å²) >= 11 is 1.68. The molecule has 2 aromatic heterocycles. The second-order valence-corrected chi connectivity index (χ2v) is 5.41. The van der Waals surface area contributed by atoms with E-state index in [1.807, 2.05) is 20.0 Å². The Bertz CT molecular complexity index is 494. The van der Waals surface area contributed by atoms with Crippen molar-refractivity contribution in [3.8, 4) is 0 Å². The molecule has 0 radical (unpaired) electrons. The Morgan fingerprint density at radius 2 is 2.22 bits per heavy atom. The molecule has 0 fully saturated rings. The first-order chi connectivity index (χ1) is 8.67. The molecule has 0 aliphatic carbocycles. The third-order valence-corrected chi connectivity index (χ3v) is 3.31. The average molecular weight is 266 g/mol. The van der Waals surface area contributed by atoms with Gasteiger partial charge in [0.05, 0.1) is 22.9 Å². The minimum Gasteiger partial charge on any atom is -0.360 e. The summed E-state index contributed by atoms with van der Waals surface area (Å²) in [5.41, 5.74) is 2.04. The van der Waals surface area contributed by atoms with E-state index in [9.17, 15) is 0 Å². The summed E-state index contributed by atoms with van der Waals surface area (Å²) < 4.78 is 5.28. The molecular formula is C12H18N4OS. The van der Waals surface area contributed by atoms with Crippen LogP contribution >= 0.6 is 11.3 Å². The number of aryl methyl sites for hydroxylation is 1. The Hall–Kier alpha value is -1.24. The Morgan fingerprint density at radius 1 is 1.39 bits per heavy atom. The van der Waals surface area contributed by atoms with Crippen LogP contribution in [0.1, 0.15) is 22.2 Å². The van der Waals surface area contributed by atoms with E-state index in [-0.39, 0.29) is 0 Å². The average Bonchev–Trinajstić information content (AvgIpc) is 2.89. The Morgan fingerprint density at radius 3 is 2.89 bits per heavy atom. The summed E-state index contributed by atoms with van der Waals surface area (Å²) in [5, 5.41) is 10.2. The van der Waals surface area contributed by atoms with Gasteiger partial charge in [-0.25, -0.2) is 4.98 Å². The highest BCUT2D eigenvalue weighted by molar-refractivity contribution is 7.09. The van der Waals surface area contributed by atoms with Crippen LogP contribution in [0.25, 0.3) is 0 Å². The molecule has 6 heteroatoms. The lowest BCUT2D eigenvalue weighted by molar-refractivity contribution is 0.263. The first-order valence-corrected chi connectivity index (χ1v) is 6.74. The molecule has 0 saturated carbocycles. The number of aromatic nitrogens is 2. The molecule has 1 N–H and O–H groups in total. The molecule has 0 aliphatic rings. The van der Waals surface area contributed by atoms with E-state index < -0.39 is 0 Å². The summed E-state index contributed by atoms with van der Waals surface area (Å²) in [5.74, 6) is 0.884.